The van der Waals surface area contributed by atoms with Gasteiger partial charge in [-0.2, -0.15) is 0 Å². The fourth-order valence-corrected chi connectivity index (χ4v) is 2.16. The third-order valence-corrected chi connectivity index (χ3v) is 3.23. The molecule has 1 N–H and O–H groups in total. The summed E-state index contributed by atoms with van der Waals surface area (Å²) in [6.45, 7) is 2.05. The first-order valence-corrected chi connectivity index (χ1v) is 6.11. The number of benzene rings is 2. The van der Waals surface area contributed by atoms with Gasteiger partial charge in [-0.25, -0.2) is 4.79 Å². The molecule has 2 rings (SSSR count). The van der Waals surface area contributed by atoms with E-state index in [1.807, 2.05) is 31.2 Å². The van der Waals surface area contributed by atoms with Gasteiger partial charge in [-0.15, -0.1) is 0 Å². The Morgan fingerprint density at radius 2 is 1.89 bits per heavy atom. The second kappa shape index (κ2) is 5.23. The van der Waals surface area contributed by atoms with Crippen LogP contribution in [0.3, 0.4) is 0 Å². The van der Waals surface area contributed by atoms with Crippen molar-refractivity contribution in [3.8, 4) is 11.1 Å². The van der Waals surface area contributed by atoms with E-state index in [0.29, 0.717) is 0 Å². The molecule has 0 aliphatic rings. The van der Waals surface area contributed by atoms with Gasteiger partial charge in [0.05, 0.1) is 5.56 Å². The number of carbonyl (C=O) groups is 1. The largest absolute Gasteiger partial charge is 0.478 e. The Bertz CT molecular complexity index is 591. The smallest absolute Gasteiger partial charge is 0.335 e. The molecule has 2 nitrogen and oxygen atoms in total. The monoisotopic (exact) mass is 260 g/mol. The van der Waals surface area contributed by atoms with Gasteiger partial charge in [0.15, 0.2) is 0 Å². The molecule has 0 heterocycles. The molecular formula is C15H13ClO2. The Kier molecular flexibility index (Phi) is 3.68. The van der Waals surface area contributed by atoms with Crippen molar-refractivity contribution in [3.05, 3.63) is 58.6 Å². The number of carboxylic acids is 1. The number of aromatic carboxylic acids is 1. The summed E-state index contributed by atoms with van der Waals surface area (Å²) in [4.78, 5) is 10.9. The number of rotatable bonds is 3. The van der Waals surface area contributed by atoms with Crippen LogP contribution in [0.5, 0.6) is 0 Å². The van der Waals surface area contributed by atoms with Crippen LogP contribution >= 0.6 is 11.6 Å². The summed E-state index contributed by atoms with van der Waals surface area (Å²) in [6, 6.07) is 12.7. The molecule has 0 spiro atoms. The van der Waals surface area contributed by atoms with Crippen LogP contribution in [0, 0.1) is 0 Å². The Balaban J connectivity index is 2.45. The topological polar surface area (TPSA) is 37.3 Å². The highest BCUT2D eigenvalue weighted by Crippen LogP contribution is 2.26. The second-order valence-corrected chi connectivity index (χ2v) is 4.45. The lowest BCUT2D eigenvalue weighted by molar-refractivity contribution is 0.0697. The first-order chi connectivity index (χ1) is 8.61. The van der Waals surface area contributed by atoms with E-state index in [2.05, 4.69) is 0 Å². The predicted octanol–water partition coefficient (Wildman–Crippen LogP) is 4.27. The zero-order valence-corrected chi connectivity index (χ0v) is 10.7. The summed E-state index contributed by atoms with van der Waals surface area (Å²) < 4.78 is 0. The zero-order valence-electron chi connectivity index (χ0n) is 9.98. The van der Waals surface area contributed by atoms with Crippen molar-refractivity contribution in [2.75, 3.05) is 0 Å². The molecule has 0 radical (unpaired) electrons. The van der Waals surface area contributed by atoms with E-state index in [1.165, 1.54) is 0 Å². The van der Waals surface area contributed by atoms with Crippen LogP contribution < -0.4 is 0 Å². The molecule has 2 aromatic carbocycles. The molecule has 0 unspecified atom stereocenters. The summed E-state index contributed by atoms with van der Waals surface area (Å²) in [5, 5.41) is 9.69. The van der Waals surface area contributed by atoms with Gasteiger partial charge in [0, 0.05) is 5.02 Å². The molecule has 0 aromatic heterocycles. The van der Waals surface area contributed by atoms with Crippen molar-refractivity contribution in [1.29, 1.82) is 0 Å². The fourth-order valence-electron chi connectivity index (χ4n) is 1.85. The summed E-state index contributed by atoms with van der Waals surface area (Å²) in [5.74, 6) is -0.923. The maximum Gasteiger partial charge on any atom is 0.335 e. The Labute approximate surface area is 111 Å². The minimum Gasteiger partial charge on any atom is -0.478 e. The molecule has 0 saturated heterocycles. The second-order valence-electron chi connectivity index (χ2n) is 4.05. The van der Waals surface area contributed by atoms with E-state index >= 15 is 0 Å². The molecule has 0 saturated carbocycles. The van der Waals surface area contributed by atoms with Crippen LogP contribution in [0.4, 0.5) is 0 Å². The molecule has 0 aliphatic heterocycles. The summed E-state index contributed by atoms with van der Waals surface area (Å²) in [5.41, 5.74) is 3.16. The minimum atomic E-state index is -0.923. The number of carboxylic acid groups (broad SMARTS) is 1. The number of hydrogen-bond acceptors (Lipinski definition) is 1. The number of hydrogen-bond donors (Lipinski definition) is 1. The molecular weight excluding hydrogens is 248 g/mol. The normalized spacial score (nSPS) is 10.3. The molecule has 0 aliphatic carbocycles. The van der Waals surface area contributed by atoms with Gasteiger partial charge in [-0.3, -0.25) is 0 Å². The Morgan fingerprint density at radius 1 is 1.17 bits per heavy atom. The SMILES string of the molecule is CCc1ccc(-c2cccc(C(=O)O)c2)cc1Cl. The standard InChI is InChI=1S/C15H13ClO2/c1-2-10-6-7-12(9-14(10)16)11-4-3-5-13(8-11)15(17)18/h3-9H,2H2,1H3,(H,17,18). The molecule has 0 atom stereocenters. The summed E-state index contributed by atoms with van der Waals surface area (Å²) in [6.07, 6.45) is 0.883. The predicted molar refractivity (Wildman–Crippen MR) is 73.2 cm³/mol. The average Bonchev–Trinajstić information content (AvgIpc) is 2.38. The van der Waals surface area contributed by atoms with E-state index in [1.54, 1.807) is 18.2 Å². The van der Waals surface area contributed by atoms with Crippen molar-refractivity contribution in [1.82, 2.24) is 0 Å². The van der Waals surface area contributed by atoms with Gasteiger partial charge < -0.3 is 5.11 Å². The van der Waals surface area contributed by atoms with E-state index in [0.717, 1.165) is 28.1 Å². The van der Waals surface area contributed by atoms with Crippen molar-refractivity contribution in [2.24, 2.45) is 0 Å². The average molecular weight is 261 g/mol. The summed E-state index contributed by atoms with van der Waals surface area (Å²) >= 11 is 6.17. The van der Waals surface area contributed by atoms with Gasteiger partial charge in [0.25, 0.3) is 0 Å². The van der Waals surface area contributed by atoms with Crippen LogP contribution in [-0.4, -0.2) is 11.1 Å². The highest BCUT2D eigenvalue weighted by molar-refractivity contribution is 6.31. The van der Waals surface area contributed by atoms with Crippen LogP contribution in [0.1, 0.15) is 22.8 Å². The molecule has 2 aromatic rings. The van der Waals surface area contributed by atoms with Crippen LogP contribution in [0.25, 0.3) is 11.1 Å². The maximum absolute atomic E-state index is 10.9. The fraction of sp³-hybridized carbons (Fsp3) is 0.133. The molecule has 0 bridgehead atoms. The van der Waals surface area contributed by atoms with Crippen molar-refractivity contribution >= 4 is 17.6 Å². The van der Waals surface area contributed by atoms with E-state index < -0.39 is 5.97 Å². The number of halogens is 1. The van der Waals surface area contributed by atoms with Gasteiger partial charge in [-0.1, -0.05) is 42.8 Å². The van der Waals surface area contributed by atoms with Crippen molar-refractivity contribution in [3.63, 3.8) is 0 Å². The van der Waals surface area contributed by atoms with Crippen LogP contribution in [0.2, 0.25) is 5.02 Å². The Morgan fingerprint density at radius 3 is 2.50 bits per heavy atom. The van der Waals surface area contributed by atoms with E-state index in [-0.39, 0.29) is 5.56 Å². The molecule has 0 fully saturated rings. The molecule has 92 valence electrons. The quantitative estimate of drug-likeness (QED) is 0.895. The van der Waals surface area contributed by atoms with Crippen LogP contribution in [0.15, 0.2) is 42.5 Å². The third kappa shape index (κ3) is 2.54. The first kappa shape index (κ1) is 12.7. The third-order valence-electron chi connectivity index (χ3n) is 2.88. The lowest BCUT2D eigenvalue weighted by Crippen LogP contribution is -1.95. The molecule has 3 heteroatoms. The van der Waals surface area contributed by atoms with Crippen LogP contribution in [-0.2, 0) is 6.42 Å². The zero-order chi connectivity index (χ0) is 13.1. The lowest BCUT2D eigenvalue weighted by atomic mass is 10.0. The van der Waals surface area contributed by atoms with Crippen molar-refractivity contribution < 1.29 is 9.90 Å². The highest BCUT2D eigenvalue weighted by atomic mass is 35.5. The van der Waals surface area contributed by atoms with Crippen molar-refractivity contribution in [2.45, 2.75) is 13.3 Å². The van der Waals surface area contributed by atoms with Gasteiger partial charge in [0.1, 0.15) is 0 Å². The van der Waals surface area contributed by atoms with Gasteiger partial charge in [-0.05, 0) is 41.3 Å². The molecule has 18 heavy (non-hydrogen) atoms. The molecule has 0 amide bonds. The highest BCUT2D eigenvalue weighted by Gasteiger charge is 2.06. The van der Waals surface area contributed by atoms with Gasteiger partial charge in [0.2, 0.25) is 0 Å². The van der Waals surface area contributed by atoms with Gasteiger partial charge >= 0.3 is 5.97 Å². The number of aryl methyl sites for hydroxylation is 1. The maximum atomic E-state index is 10.9. The Hall–Kier alpha value is -1.80. The summed E-state index contributed by atoms with van der Waals surface area (Å²) in [7, 11) is 0. The van der Waals surface area contributed by atoms with E-state index in [9.17, 15) is 4.79 Å². The minimum absolute atomic E-state index is 0.281. The lowest BCUT2D eigenvalue weighted by Gasteiger charge is -2.06. The van der Waals surface area contributed by atoms with E-state index in [4.69, 9.17) is 16.7 Å². The first-order valence-electron chi connectivity index (χ1n) is 5.74.